The van der Waals surface area contributed by atoms with Gasteiger partial charge in [0.25, 0.3) is 0 Å². The van der Waals surface area contributed by atoms with E-state index in [4.69, 9.17) is 5.11 Å². The summed E-state index contributed by atoms with van der Waals surface area (Å²) in [6.07, 6.45) is 0.436. The monoisotopic (exact) mass is 157 g/mol. The molecule has 11 heavy (non-hydrogen) atoms. The van der Waals surface area contributed by atoms with Gasteiger partial charge in [0.1, 0.15) is 0 Å². The molecule has 1 heterocycles. The zero-order valence-corrected chi connectivity index (χ0v) is 6.10. The van der Waals surface area contributed by atoms with Gasteiger partial charge < -0.3 is 15.1 Å². The smallest absolute Gasteiger partial charge is 0.407 e. The fraction of sp³-hybridized carbons (Fsp3) is 0.857. The summed E-state index contributed by atoms with van der Waals surface area (Å²) in [6, 6.07) is -0.0903. The predicted octanol–water partition coefficient (Wildman–Crippen LogP) is 0.120. The van der Waals surface area contributed by atoms with Gasteiger partial charge in [-0.2, -0.15) is 0 Å². The van der Waals surface area contributed by atoms with Crippen molar-refractivity contribution in [1.82, 2.24) is 4.90 Å². The molecule has 1 amide bonds. The van der Waals surface area contributed by atoms with E-state index < -0.39 is 12.2 Å². The van der Waals surface area contributed by atoms with E-state index in [0.29, 0.717) is 12.5 Å². The van der Waals surface area contributed by atoms with Gasteiger partial charge in [-0.3, -0.25) is 0 Å². The van der Waals surface area contributed by atoms with Crippen LogP contribution < -0.4 is 0 Å². The van der Waals surface area contributed by atoms with E-state index in [-0.39, 0.29) is 6.04 Å². The Morgan fingerprint density at radius 3 is 2.73 bits per heavy atom. The Labute approximate surface area is 64.4 Å². The van der Waals surface area contributed by atoms with Gasteiger partial charge in [-0.25, -0.2) is 4.79 Å². The zero-order chi connectivity index (χ0) is 8.01. The van der Waals surface area contributed by atoms with Crippen LogP contribution in [0, 0.1) is 5.92 Å². The fourth-order valence-electron chi connectivity index (χ4n) is 2.14. The normalized spacial score (nSPS) is 41.5. The average molecular weight is 157 g/mol. The molecule has 2 fully saturated rings. The van der Waals surface area contributed by atoms with Crippen LogP contribution in [0.15, 0.2) is 0 Å². The van der Waals surface area contributed by atoms with Gasteiger partial charge in [0.05, 0.1) is 12.1 Å². The summed E-state index contributed by atoms with van der Waals surface area (Å²) >= 11 is 0. The van der Waals surface area contributed by atoms with E-state index in [0.717, 1.165) is 12.8 Å². The molecule has 0 aromatic carbocycles. The van der Waals surface area contributed by atoms with Crippen molar-refractivity contribution in [3.8, 4) is 0 Å². The first-order chi connectivity index (χ1) is 5.20. The van der Waals surface area contributed by atoms with Gasteiger partial charge in [-0.15, -0.1) is 0 Å². The van der Waals surface area contributed by atoms with Crippen LogP contribution in [0.25, 0.3) is 0 Å². The molecular weight excluding hydrogens is 146 g/mol. The van der Waals surface area contributed by atoms with Crippen molar-refractivity contribution in [2.75, 3.05) is 6.54 Å². The number of nitrogens with zero attached hydrogens (tertiary/aromatic N) is 1. The zero-order valence-electron chi connectivity index (χ0n) is 6.10. The average Bonchev–Trinajstić information content (AvgIpc) is 2.06. The summed E-state index contributed by atoms with van der Waals surface area (Å²) in [4.78, 5) is 11.8. The number of carbonyl (C=O) groups is 1. The molecule has 2 N–H and O–H groups in total. The minimum absolute atomic E-state index is 0.0903. The highest BCUT2D eigenvalue weighted by Gasteiger charge is 2.49. The van der Waals surface area contributed by atoms with Gasteiger partial charge in [-0.1, -0.05) is 0 Å². The Morgan fingerprint density at radius 1 is 1.45 bits per heavy atom. The van der Waals surface area contributed by atoms with Crippen molar-refractivity contribution in [1.29, 1.82) is 0 Å². The van der Waals surface area contributed by atoms with Gasteiger partial charge in [0, 0.05) is 6.54 Å². The lowest BCUT2D eigenvalue weighted by Crippen LogP contribution is -2.59. The second kappa shape index (κ2) is 2.11. The van der Waals surface area contributed by atoms with Crippen LogP contribution in [0.5, 0.6) is 0 Å². The number of hydrogen-bond acceptors (Lipinski definition) is 2. The van der Waals surface area contributed by atoms with Gasteiger partial charge >= 0.3 is 6.09 Å². The molecule has 0 spiro atoms. The van der Waals surface area contributed by atoms with Gasteiger partial charge in [0.15, 0.2) is 0 Å². The van der Waals surface area contributed by atoms with Crippen LogP contribution in [0.1, 0.15) is 12.8 Å². The summed E-state index contributed by atoms with van der Waals surface area (Å²) in [5.74, 6) is 0.432. The molecule has 1 aliphatic heterocycles. The molecule has 2 rings (SSSR count). The van der Waals surface area contributed by atoms with E-state index >= 15 is 0 Å². The summed E-state index contributed by atoms with van der Waals surface area (Å²) in [7, 11) is 0. The van der Waals surface area contributed by atoms with Crippen molar-refractivity contribution >= 4 is 6.09 Å². The molecule has 0 aromatic heterocycles. The number of aliphatic hydroxyl groups excluding tert-OH is 1. The van der Waals surface area contributed by atoms with E-state index in [1.165, 1.54) is 4.90 Å². The molecule has 0 radical (unpaired) electrons. The van der Waals surface area contributed by atoms with Crippen LogP contribution in [0.2, 0.25) is 0 Å². The highest BCUT2D eigenvalue weighted by Crippen LogP contribution is 2.38. The molecule has 62 valence electrons. The predicted molar refractivity (Wildman–Crippen MR) is 37.2 cm³/mol. The van der Waals surface area contributed by atoms with Crippen LogP contribution >= 0.6 is 0 Å². The van der Waals surface area contributed by atoms with Gasteiger partial charge in [-0.05, 0) is 18.8 Å². The van der Waals surface area contributed by atoms with Gasteiger partial charge in [0.2, 0.25) is 0 Å². The van der Waals surface area contributed by atoms with Crippen molar-refractivity contribution in [3.05, 3.63) is 0 Å². The summed E-state index contributed by atoms with van der Waals surface area (Å²) in [5, 5.41) is 17.9. The van der Waals surface area contributed by atoms with Crippen molar-refractivity contribution in [2.24, 2.45) is 5.92 Å². The Hall–Kier alpha value is -0.770. The van der Waals surface area contributed by atoms with Crippen LogP contribution in [-0.4, -0.2) is 39.9 Å². The summed E-state index contributed by atoms with van der Waals surface area (Å²) in [5.41, 5.74) is 0. The number of rotatable bonds is 0. The quantitative estimate of drug-likeness (QED) is 0.525. The maximum atomic E-state index is 10.5. The standard InChI is InChI=1S/C7H11NO3/c9-5-2-1-4-3-8(6(4)5)7(10)11/h4-6,9H,1-3H2,(H,10,11)/t4-,5-,6+/m0/s1. The highest BCUT2D eigenvalue weighted by atomic mass is 16.4. The van der Waals surface area contributed by atoms with Crippen molar-refractivity contribution < 1.29 is 15.0 Å². The third-order valence-corrected chi connectivity index (χ3v) is 2.75. The molecule has 1 saturated heterocycles. The number of carboxylic acid groups (broad SMARTS) is 1. The molecule has 1 saturated carbocycles. The maximum Gasteiger partial charge on any atom is 0.407 e. The largest absolute Gasteiger partial charge is 0.465 e. The molecule has 0 unspecified atom stereocenters. The molecule has 0 bridgehead atoms. The second-order valence-electron chi connectivity index (χ2n) is 3.33. The Kier molecular flexibility index (Phi) is 1.32. The minimum Gasteiger partial charge on any atom is -0.465 e. The molecule has 1 aliphatic carbocycles. The van der Waals surface area contributed by atoms with E-state index in [2.05, 4.69) is 0 Å². The van der Waals surface area contributed by atoms with Crippen molar-refractivity contribution in [2.45, 2.75) is 25.0 Å². The highest BCUT2D eigenvalue weighted by molar-refractivity contribution is 5.67. The first-order valence-corrected chi connectivity index (χ1v) is 3.88. The number of fused-ring (bicyclic) bond motifs is 1. The third-order valence-electron chi connectivity index (χ3n) is 2.75. The third kappa shape index (κ3) is 0.822. The SMILES string of the molecule is O=C(O)N1C[C@@H]2CC[C@H](O)[C@@H]21. The molecule has 0 aromatic rings. The lowest BCUT2D eigenvalue weighted by atomic mass is 9.92. The lowest BCUT2D eigenvalue weighted by molar-refractivity contribution is -0.0122. The second-order valence-corrected chi connectivity index (χ2v) is 3.33. The fourth-order valence-corrected chi connectivity index (χ4v) is 2.14. The van der Waals surface area contributed by atoms with Crippen LogP contribution in [-0.2, 0) is 0 Å². The molecule has 3 atom stereocenters. The Bertz CT molecular complexity index is 188. The maximum absolute atomic E-state index is 10.5. The van der Waals surface area contributed by atoms with Crippen LogP contribution in [0.3, 0.4) is 0 Å². The number of aliphatic hydroxyl groups is 1. The summed E-state index contributed by atoms with van der Waals surface area (Å²) < 4.78 is 0. The van der Waals surface area contributed by atoms with Crippen LogP contribution in [0.4, 0.5) is 4.79 Å². The van der Waals surface area contributed by atoms with E-state index in [1.54, 1.807) is 0 Å². The molecule has 2 aliphatic rings. The Balaban J connectivity index is 2.05. The lowest BCUT2D eigenvalue weighted by Gasteiger charge is -2.43. The summed E-state index contributed by atoms with van der Waals surface area (Å²) in [6.45, 7) is 0.622. The topological polar surface area (TPSA) is 60.8 Å². The van der Waals surface area contributed by atoms with E-state index in [9.17, 15) is 9.90 Å². The minimum atomic E-state index is -0.896. The number of amides is 1. The van der Waals surface area contributed by atoms with Crippen molar-refractivity contribution in [3.63, 3.8) is 0 Å². The Morgan fingerprint density at radius 2 is 2.18 bits per heavy atom. The number of likely N-dealkylation sites (tertiary alicyclic amines) is 1. The first kappa shape index (κ1) is 6.91. The molecular formula is C7H11NO3. The van der Waals surface area contributed by atoms with E-state index in [1.807, 2.05) is 0 Å². The first-order valence-electron chi connectivity index (χ1n) is 3.88. The molecule has 4 nitrogen and oxygen atoms in total. The number of hydrogen-bond donors (Lipinski definition) is 2. The molecule has 4 heteroatoms.